The number of nitrogens with zero attached hydrogens (tertiary/aromatic N) is 2. The van der Waals surface area contributed by atoms with Crippen molar-refractivity contribution in [2.75, 3.05) is 11.9 Å². The Balaban J connectivity index is 2.05. The standard InChI is InChI=1S/C14H22ClN3O/c1-9(2)12-13(15)17-8-18-14(12)16-7-10-5-3-4-6-11(10)19/h8-11,19H,3-7H2,1-2H3,(H,16,17,18). The Morgan fingerprint density at radius 3 is 2.79 bits per heavy atom. The van der Waals surface area contributed by atoms with Crippen molar-refractivity contribution in [3.8, 4) is 0 Å². The SMILES string of the molecule is CC(C)c1c(Cl)ncnc1NCC1CCCCC1O. The minimum absolute atomic E-state index is 0.193. The first kappa shape index (κ1) is 14.5. The molecule has 106 valence electrons. The summed E-state index contributed by atoms with van der Waals surface area (Å²) in [5.41, 5.74) is 0.953. The minimum Gasteiger partial charge on any atom is -0.393 e. The molecule has 1 aromatic rings. The van der Waals surface area contributed by atoms with Gasteiger partial charge in [-0.1, -0.05) is 38.3 Å². The summed E-state index contributed by atoms with van der Waals surface area (Å²) in [6, 6.07) is 0. The van der Waals surface area contributed by atoms with Crippen molar-refractivity contribution < 1.29 is 5.11 Å². The molecule has 0 aromatic carbocycles. The number of hydrogen-bond donors (Lipinski definition) is 2. The van der Waals surface area contributed by atoms with E-state index in [1.165, 1.54) is 12.7 Å². The third-order valence-corrected chi connectivity index (χ3v) is 4.11. The van der Waals surface area contributed by atoms with Crippen LogP contribution >= 0.6 is 11.6 Å². The van der Waals surface area contributed by atoms with E-state index < -0.39 is 0 Å². The average Bonchev–Trinajstić information content (AvgIpc) is 2.37. The van der Waals surface area contributed by atoms with E-state index in [4.69, 9.17) is 11.6 Å². The normalized spacial score (nSPS) is 23.6. The summed E-state index contributed by atoms with van der Waals surface area (Å²) >= 11 is 6.13. The molecule has 1 aliphatic rings. The summed E-state index contributed by atoms with van der Waals surface area (Å²) in [5, 5.41) is 13.8. The smallest absolute Gasteiger partial charge is 0.138 e. The van der Waals surface area contributed by atoms with Gasteiger partial charge in [-0.3, -0.25) is 0 Å². The van der Waals surface area contributed by atoms with Gasteiger partial charge in [0, 0.05) is 18.0 Å². The zero-order valence-electron chi connectivity index (χ0n) is 11.6. The Morgan fingerprint density at radius 2 is 2.11 bits per heavy atom. The molecule has 0 bridgehead atoms. The molecule has 1 aromatic heterocycles. The highest BCUT2D eigenvalue weighted by atomic mass is 35.5. The molecule has 5 heteroatoms. The van der Waals surface area contributed by atoms with Gasteiger partial charge in [0.05, 0.1) is 6.10 Å². The molecule has 0 radical (unpaired) electrons. The van der Waals surface area contributed by atoms with Crippen LogP contribution in [0, 0.1) is 5.92 Å². The van der Waals surface area contributed by atoms with Crippen LogP contribution < -0.4 is 5.32 Å². The van der Waals surface area contributed by atoms with E-state index in [1.54, 1.807) is 0 Å². The lowest BCUT2D eigenvalue weighted by atomic mass is 9.86. The highest BCUT2D eigenvalue weighted by Crippen LogP contribution is 2.29. The molecule has 2 unspecified atom stereocenters. The Morgan fingerprint density at radius 1 is 1.37 bits per heavy atom. The van der Waals surface area contributed by atoms with E-state index in [1.807, 2.05) is 0 Å². The number of hydrogen-bond acceptors (Lipinski definition) is 4. The van der Waals surface area contributed by atoms with Crippen molar-refractivity contribution in [1.29, 1.82) is 0 Å². The van der Waals surface area contributed by atoms with Crippen molar-refractivity contribution in [2.24, 2.45) is 5.92 Å². The lowest BCUT2D eigenvalue weighted by molar-refractivity contribution is 0.0763. The Kier molecular flexibility index (Phi) is 4.99. The third kappa shape index (κ3) is 3.57. The molecular weight excluding hydrogens is 262 g/mol. The van der Waals surface area contributed by atoms with Crippen LogP contribution in [0.3, 0.4) is 0 Å². The summed E-state index contributed by atoms with van der Waals surface area (Å²) in [4.78, 5) is 8.32. The fourth-order valence-electron chi connectivity index (χ4n) is 2.68. The molecule has 4 nitrogen and oxygen atoms in total. The summed E-state index contributed by atoms with van der Waals surface area (Å²) in [5.74, 6) is 1.38. The lowest BCUT2D eigenvalue weighted by Gasteiger charge is -2.28. The predicted molar refractivity (Wildman–Crippen MR) is 77.6 cm³/mol. The van der Waals surface area contributed by atoms with Crippen LogP contribution in [0.1, 0.15) is 51.0 Å². The van der Waals surface area contributed by atoms with Crippen molar-refractivity contribution in [2.45, 2.75) is 51.6 Å². The van der Waals surface area contributed by atoms with Crippen molar-refractivity contribution in [1.82, 2.24) is 9.97 Å². The van der Waals surface area contributed by atoms with E-state index in [0.29, 0.717) is 11.1 Å². The van der Waals surface area contributed by atoms with Gasteiger partial charge < -0.3 is 10.4 Å². The van der Waals surface area contributed by atoms with Crippen molar-refractivity contribution in [3.63, 3.8) is 0 Å². The maximum Gasteiger partial charge on any atom is 0.138 e. The second-order valence-corrected chi connectivity index (χ2v) is 5.93. The monoisotopic (exact) mass is 283 g/mol. The summed E-state index contributed by atoms with van der Waals surface area (Å²) in [6.07, 6.45) is 5.60. The Hall–Kier alpha value is -0.870. The van der Waals surface area contributed by atoms with Gasteiger partial charge in [-0.15, -0.1) is 0 Å². The van der Waals surface area contributed by atoms with Gasteiger partial charge in [-0.05, 0) is 18.8 Å². The minimum atomic E-state index is -0.193. The maximum atomic E-state index is 9.98. The molecule has 0 spiro atoms. The molecule has 1 saturated carbocycles. The van der Waals surface area contributed by atoms with Crippen LogP contribution in [0.15, 0.2) is 6.33 Å². The number of aliphatic hydroxyl groups excluding tert-OH is 1. The second-order valence-electron chi connectivity index (χ2n) is 5.57. The molecule has 19 heavy (non-hydrogen) atoms. The third-order valence-electron chi connectivity index (χ3n) is 3.81. The quantitative estimate of drug-likeness (QED) is 0.833. The summed E-state index contributed by atoms with van der Waals surface area (Å²) < 4.78 is 0. The van der Waals surface area contributed by atoms with Gasteiger partial charge >= 0.3 is 0 Å². The first-order valence-electron chi connectivity index (χ1n) is 7.02. The van der Waals surface area contributed by atoms with E-state index in [2.05, 4.69) is 29.1 Å². The molecule has 1 fully saturated rings. The molecule has 0 amide bonds. The lowest BCUT2D eigenvalue weighted by Crippen LogP contribution is -2.30. The predicted octanol–water partition coefficient (Wildman–Crippen LogP) is 3.22. The zero-order valence-corrected chi connectivity index (χ0v) is 12.3. The number of anilines is 1. The number of aromatic nitrogens is 2. The van der Waals surface area contributed by atoms with E-state index in [0.717, 1.165) is 37.2 Å². The first-order valence-corrected chi connectivity index (χ1v) is 7.39. The molecular formula is C14H22ClN3O. The highest BCUT2D eigenvalue weighted by Gasteiger charge is 2.23. The Labute approximate surface area is 119 Å². The van der Waals surface area contributed by atoms with Crippen LogP contribution in [0.2, 0.25) is 5.15 Å². The second kappa shape index (κ2) is 6.53. The number of rotatable bonds is 4. The van der Waals surface area contributed by atoms with Gasteiger partial charge in [0.25, 0.3) is 0 Å². The van der Waals surface area contributed by atoms with Crippen molar-refractivity contribution >= 4 is 17.4 Å². The summed E-state index contributed by atoms with van der Waals surface area (Å²) in [7, 11) is 0. The fraction of sp³-hybridized carbons (Fsp3) is 0.714. The number of aliphatic hydroxyl groups is 1. The van der Waals surface area contributed by atoms with Crippen molar-refractivity contribution in [3.05, 3.63) is 17.0 Å². The molecule has 2 atom stereocenters. The maximum absolute atomic E-state index is 9.98. The first-order chi connectivity index (χ1) is 9.09. The van der Waals surface area contributed by atoms with Gasteiger partial charge in [0.2, 0.25) is 0 Å². The van der Waals surface area contributed by atoms with E-state index in [-0.39, 0.29) is 12.0 Å². The van der Waals surface area contributed by atoms with Gasteiger partial charge in [-0.2, -0.15) is 0 Å². The number of halogens is 1. The van der Waals surface area contributed by atoms with Gasteiger partial charge in [0.1, 0.15) is 17.3 Å². The van der Waals surface area contributed by atoms with E-state index >= 15 is 0 Å². The van der Waals surface area contributed by atoms with Crippen LogP contribution in [-0.2, 0) is 0 Å². The summed E-state index contributed by atoms with van der Waals surface area (Å²) in [6.45, 7) is 4.89. The van der Waals surface area contributed by atoms with E-state index in [9.17, 15) is 5.11 Å². The molecule has 1 aliphatic carbocycles. The van der Waals surface area contributed by atoms with Gasteiger partial charge in [0.15, 0.2) is 0 Å². The number of nitrogens with one attached hydrogen (secondary N) is 1. The highest BCUT2D eigenvalue weighted by molar-refractivity contribution is 6.30. The molecule has 1 heterocycles. The van der Waals surface area contributed by atoms with Gasteiger partial charge in [-0.25, -0.2) is 9.97 Å². The molecule has 2 N–H and O–H groups in total. The molecule has 0 aliphatic heterocycles. The van der Waals surface area contributed by atoms with Crippen LogP contribution in [-0.4, -0.2) is 27.7 Å². The molecule has 0 saturated heterocycles. The largest absolute Gasteiger partial charge is 0.393 e. The Bertz CT molecular complexity index is 425. The van der Waals surface area contributed by atoms with Crippen LogP contribution in [0.25, 0.3) is 0 Å². The van der Waals surface area contributed by atoms with Crippen LogP contribution in [0.4, 0.5) is 5.82 Å². The fourth-order valence-corrected chi connectivity index (χ4v) is 3.03. The average molecular weight is 284 g/mol. The zero-order chi connectivity index (χ0) is 13.8. The molecule has 2 rings (SSSR count). The van der Waals surface area contributed by atoms with Crippen LogP contribution in [0.5, 0.6) is 0 Å². The topological polar surface area (TPSA) is 58.0 Å².